The molecule has 8 nitrogen and oxygen atoms in total. The van der Waals surface area contributed by atoms with Crippen LogP contribution in [0.25, 0.3) is 5.65 Å². The fraction of sp³-hybridized carbons (Fsp3) is 0.529. The zero-order valence-corrected chi connectivity index (χ0v) is 14.8. The highest BCUT2D eigenvalue weighted by Gasteiger charge is 2.32. The molecular formula is C17H23N5O3. The van der Waals surface area contributed by atoms with Crippen molar-refractivity contribution in [3.8, 4) is 0 Å². The number of aromatic nitrogens is 2. The van der Waals surface area contributed by atoms with E-state index < -0.39 is 16.2 Å². The first kappa shape index (κ1) is 17.3. The SMILES string of the molecule is C[C@@H](C1CCN(C)CC1)N(C)c1nc2ccccn2c(=O)c1[N+](=O)[O-]. The van der Waals surface area contributed by atoms with Crippen LogP contribution >= 0.6 is 0 Å². The Labute approximate surface area is 145 Å². The molecule has 3 heterocycles. The Hall–Kier alpha value is -2.48. The largest absolute Gasteiger partial charge is 0.376 e. The quantitative estimate of drug-likeness (QED) is 0.620. The van der Waals surface area contributed by atoms with Gasteiger partial charge < -0.3 is 9.80 Å². The number of fused-ring (bicyclic) bond motifs is 1. The number of nitrogens with zero attached hydrogens (tertiary/aromatic N) is 5. The molecule has 1 aliphatic heterocycles. The minimum atomic E-state index is -0.645. The second kappa shape index (κ2) is 6.79. The molecular weight excluding hydrogens is 322 g/mol. The van der Waals surface area contributed by atoms with E-state index in [1.54, 1.807) is 30.1 Å². The smallest absolute Gasteiger partial charge is 0.351 e. The fourth-order valence-electron chi connectivity index (χ4n) is 3.49. The van der Waals surface area contributed by atoms with Crippen molar-refractivity contribution < 1.29 is 4.92 Å². The molecule has 134 valence electrons. The van der Waals surface area contributed by atoms with Gasteiger partial charge in [-0.25, -0.2) is 4.98 Å². The second-order valence-electron chi connectivity index (χ2n) is 6.77. The summed E-state index contributed by atoms with van der Waals surface area (Å²) in [6, 6.07) is 5.16. The van der Waals surface area contributed by atoms with Gasteiger partial charge in [-0.3, -0.25) is 19.3 Å². The molecule has 1 fully saturated rings. The molecule has 0 amide bonds. The average molecular weight is 345 g/mol. The first-order valence-corrected chi connectivity index (χ1v) is 8.47. The summed E-state index contributed by atoms with van der Waals surface area (Å²) in [7, 11) is 3.89. The van der Waals surface area contributed by atoms with Crippen molar-refractivity contribution in [2.45, 2.75) is 25.8 Å². The third-order valence-corrected chi connectivity index (χ3v) is 5.27. The van der Waals surface area contributed by atoms with E-state index in [4.69, 9.17) is 0 Å². The predicted octanol–water partition coefficient (Wildman–Crippen LogP) is 1.77. The van der Waals surface area contributed by atoms with Crippen LogP contribution in [-0.4, -0.2) is 52.4 Å². The molecule has 0 aromatic carbocycles. The van der Waals surface area contributed by atoms with Crippen LogP contribution in [-0.2, 0) is 0 Å². The molecule has 0 radical (unpaired) electrons. The Bertz CT molecular complexity index is 842. The van der Waals surface area contributed by atoms with Crippen molar-refractivity contribution in [3.63, 3.8) is 0 Å². The average Bonchev–Trinajstić information content (AvgIpc) is 2.60. The third kappa shape index (κ3) is 3.21. The Balaban J connectivity index is 2.03. The maximum absolute atomic E-state index is 12.6. The lowest BCUT2D eigenvalue weighted by Gasteiger charge is -2.37. The Morgan fingerprint density at radius 3 is 2.68 bits per heavy atom. The Morgan fingerprint density at radius 2 is 2.04 bits per heavy atom. The highest BCUT2D eigenvalue weighted by Crippen LogP contribution is 2.29. The molecule has 0 aliphatic carbocycles. The van der Waals surface area contributed by atoms with Crippen LogP contribution in [0.5, 0.6) is 0 Å². The molecule has 2 aromatic heterocycles. The number of anilines is 1. The molecule has 25 heavy (non-hydrogen) atoms. The van der Waals surface area contributed by atoms with Gasteiger partial charge in [-0.15, -0.1) is 0 Å². The van der Waals surface area contributed by atoms with Gasteiger partial charge in [0.15, 0.2) is 0 Å². The number of nitro groups is 1. The van der Waals surface area contributed by atoms with E-state index in [1.165, 1.54) is 10.6 Å². The molecule has 2 aromatic rings. The highest BCUT2D eigenvalue weighted by atomic mass is 16.6. The number of hydrogen-bond acceptors (Lipinski definition) is 6. The summed E-state index contributed by atoms with van der Waals surface area (Å²) in [4.78, 5) is 32.0. The number of rotatable bonds is 4. The Morgan fingerprint density at radius 1 is 1.36 bits per heavy atom. The van der Waals surface area contributed by atoms with Gasteiger partial charge in [0.2, 0.25) is 5.82 Å². The molecule has 0 bridgehead atoms. The van der Waals surface area contributed by atoms with Gasteiger partial charge in [0, 0.05) is 19.3 Å². The molecule has 1 aliphatic rings. The minimum Gasteiger partial charge on any atom is -0.351 e. The number of hydrogen-bond donors (Lipinski definition) is 0. The van der Waals surface area contributed by atoms with Crippen molar-refractivity contribution in [2.24, 2.45) is 5.92 Å². The lowest BCUT2D eigenvalue weighted by Crippen LogP contribution is -2.42. The maximum Gasteiger partial charge on any atom is 0.376 e. The summed E-state index contributed by atoms with van der Waals surface area (Å²) < 4.78 is 1.22. The van der Waals surface area contributed by atoms with Gasteiger partial charge >= 0.3 is 11.2 Å². The van der Waals surface area contributed by atoms with Crippen LogP contribution in [0.15, 0.2) is 29.2 Å². The second-order valence-corrected chi connectivity index (χ2v) is 6.77. The molecule has 0 N–H and O–H groups in total. The lowest BCUT2D eigenvalue weighted by molar-refractivity contribution is -0.385. The van der Waals surface area contributed by atoms with Gasteiger partial charge in [0.1, 0.15) is 5.65 Å². The van der Waals surface area contributed by atoms with Crippen molar-refractivity contribution in [2.75, 3.05) is 32.1 Å². The summed E-state index contributed by atoms with van der Waals surface area (Å²) in [5.41, 5.74) is -0.700. The van der Waals surface area contributed by atoms with Crippen molar-refractivity contribution in [3.05, 3.63) is 44.9 Å². The topological polar surface area (TPSA) is 84.0 Å². The standard InChI is InChI=1S/C17H23N5O3/c1-12(13-7-10-19(2)11-8-13)20(3)16-15(22(24)25)17(23)21-9-5-4-6-14(21)18-16/h4-6,9,12-13H,7-8,10-11H2,1-3H3/t12-/m0/s1. The van der Waals surface area contributed by atoms with Gasteiger partial charge in [-0.2, -0.15) is 0 Å². The van der Waals surface area contributed by atoms with E-state index in [1.807, 2.05) is 6.92 Å². The highest BCUT2D eigenvalue weighted by molar-refractivity contribution is 5.61. The summed E-state index contributed by atoms with van der Waals surface area (Å²) >= 11 is 0. The van der Waals surface area contributed by atoms with Gasteiger partial charge in [0.25, 0.3) is 0 Å². The lowest BCUT2D eigenvalue weighted by atomic mass is 9.90. The van der Waals surface area contributed by atoms with Crippen LogP contribution in [0, 0.1) is 16.0 Å². The minimum absolute atomic E-state index is 0.0606. The molecule has 8 heteroatoms. The van der Waals surface area contributed by atoms with Crippen molar-refractivity contribution in [1.82, 2.24) is 14.3 Å². The van der Waals surface area contributed by atoms with E-state index in [0.717, 1.165) is 25.9 Å². The zero-order chi connectivity index (χ0) is 18.1. The van der Waals surface area contributed by atoms with Crippen LogP contribution in [0.1, 0.15) is 19.8 Å². The molecule has 1 atom stereocenters. The van der Waals surface area contributed by atoms with Crippen LogP contribution in [0.4, 0.5) is 11.5 Å². The molecule has 0 spiro atoms. The summed E-state index contributed by atoms with van der Waals surface area (Å²) in [5.74, 6) is 0.560. The summed E-state index contributed by atoms with van der Waals surface area (Å²) in [6.45, 7) is 4.08. The van der Waals surface area contributed by atoms with E-state index in [2.05, 4.69) is 16.9 Å². The number of likely N-dealkylation sites (tertiary alicyclic amines) is 1. The van der Waals surface area contributed by atoms with Crippen LogP contribution in [0.2, 0.25) is 0 Å². The van der Waals surface area contributed by atoms with Crippen molar-refractivity contribution >= 4 is 17.2 Å². The van der Waals surface area contributed by atoms with Gasteiger partial charge in [0.05, 0.1) is 4.92 Å². The summed E-state index contributed by atoms with van der Waals surface area (Å²) in [5, 5.41) is 11.6. The fourth-order valence-corrected chi connectivity index (χ4v) is 3.49. The van der Waals surface area contributed by atoms with E-state index in [0.29, 0.717) is 11.6 Å². The Kier molecular flexibility index (Phi) is 4.71. The van der Waals surface area contributed by atoms with Gasteiger partial charge in [-0.05, 0) is 58.0 Å². The van der Waals surface area contributed by atoms with Gasteiger partial charge in [-0.1, -0.05) is 6.07 Å². The number of piperidine rings is 1. The van der Waals surface area contributed by atoms with E-state index in [9.17, 15) is 14.9 Å². The maximum atomic E-state index is 12.6. The normalized spacial score (nSPS) is 17.6. The van der Waals surface area contributed by atoms with E-state index >= 15 is 0 Å². The molecule has 1 saturated heterocycles. The van der Waals surface area contributed by atoms with Crippen LogP contribution in [0.3, 0.4) is 0 Å². The zero-order valence-electron chi connectivity index (χ0n) is 14.8. The first-order chi connectivity index (χ1) is 11.9. The predicted molar refractivity (Wildman–Crippen MR) is 96.2 cm³/mol. The van der Waals surface area contributed by atoms with E-state index in [-0.39, 0.29) is 11.9 Å². The molecule has 0 unspecified atom stereocenters. The third-order valence-electron chi connectivity index (χ3n) is 5.27. The molecule has 3 rings (SSSR count). The first-order valence-electron chi connectivity index (χ1n) is 8.47. The van der Waals surface area contributed by atoms with Crippen molar-refractivity contribution in [1.29, 1.82) is 0 Å². The monoisotopic (exact) mass is 345 g/mol. The number of pyridine rings is 1. The molecule has 0 saturated carbocycles. The summed E-state index contributed by atoms with van der Waals surface area (Å²) in [6.07, 6.45) is 3.56. The van der Waals surface area contributed by atoms with Crippen LogP contribution < -0.4 is 10.5 Å².